The van der Waals surface area contributed by atoms with Crippen LogP contribution in [0.15, 0.2) is 53.6 Å². The molecule has 0 unspecified atom stereocenters. The van der Waals surface area contributed by atoms with E-state index in [2.05, 4.69) is 20.3 Å². The lowest BCUT2D eigenvalue weighted by Crippen LogP contribution is -2.24. The van der Waals surface area contributed by atoms with Crippen LogP contribution in [0.1, 0.15) is 31.2 Å². The first-order valence-electron chi connectivity index (χ1n) is 12.6. The van der Waals surface area contributed by atoms with Crippen LogP contribution in [0.25, 0.3) is 0 Å². The first kappa shape index (κ1) is 25.4. The van der Waals surface area contributed by atoms with Gasteiger partial charge in [0.15, 0.2) is 11.6 Å². The van der Waals surface area contributed by atoms with E-state index in [9.17, 15) is 0 Å². The molecule has 0 radical (unpaired) electrons. The second kappa shape index (κ2) is 12.3. The second-order valence-electron chi connectivity index (χ2n) is 8.99. The highest BCUT2D eigenvalue weighted by Crippen LogP contribution is 2.34. The molecule has 2 aromatic carbocycles. The number of hydrogen-bond donors (Lipinski definition) is 1. The number of hydrazone groups is 1. The van der Waals surface area contributed by atoms with Crippen LogP contribution in [0.4, 0.5) is 17.6 Å². The molecule has 2 saturated heterocycles. The first-order valence-corrected chi connectivity index (χ1v) is 13.4. The van der Waals surface area contributed by atoms with Crippen LogP contribution in [0.2, 0.25) is 10.0 Å². The van der Waals surface area contributed by atoms with Gasteiger partial charge in [-0.2, -0.15) is 15.1 Å². The topological polar surface area (TPSA) is 75.1 Å². The molecular formula is C27H30Cl2N6O2. The Balaban J connectivity index is 1.22. The maximum Gasteiger partial charge on any atom is 0.229 e. The van der Waals surface area contributed by atoms with Crippen molar-refractivity contribution in [2.24, 2.45) is 5.10 Å². The van der Waals surface area contributed by atoms with Crippen LogP contribution in [-0.4, -0.2) is 55.6 Å². The average molecular weight is 541 g/mol. The number of para-hydroxylation sites is 1. The van der Waals surface area contributed by atoms with Gasteiger partial charge in [-0.3, -0.25) is 5.43 Å². The molecule has 1 aromatic heterocycles. The maximum absolute atomic E-state index is 6.45. The number of rotatable bonds is 10. The summed E-state index contributed by atoms with van der Waals surface area (Å²) < 4.78 is 11.4. The van der Waals surface area contributed by atoms with Gasteiger partial charge in [0, 0.05) is 32.2 Å². The van der Waals surface area contributed by atoms with Crippen molar-refractivity contribution in [2.75, 3.05) is 54.6 Å². The molecule has 0 saturated carbocycles. The van der Waals surface area contributed by atoms with E-state index >= 15 is 0 Å². The third-order valence-electron chi connectivity index (χ3n) is 6.27. The van der Waals surface area contributed by atoms with E-state index < -0.39 is 0 Å². The highest BCUT2D eigenvalue weighted by Gasteiger charge is 2.20. The Hall–Kier alpha value is -3.23. The number of ether oxygens (including phenoxy) is 2. The summed E-state index contributed by atoms with van der Waals surface area (Å²) in [5.41, 5.74) is 3.80. The lowest BCUT2D eigenvalue weighted by molar-refractivity contribution is 0.217. The lowest BCUT2D eigenvalue weighted by atomic mass is 10.2. The van der Waals surface area contributed by atoms with Gasteiger partial charge >= 0.3 is 0 Å². The zero-order valence-corrected chi connectivity index (χ0v) is 22.1. The highest BCUT2D eigenvalue weighted by atomic mass is 35.5. The van der Waals surface area contributed by atoms with Gasteiger partial charge in [0.2, 0.25) is 5.95 Å². The van der Waals surface area contributed by atoms with E-state index in [4.69, 9.17) is 42.6 Å². The molecule has 8 nitrogen and oxygen atoms in total. The van der Waals surface area contributed by atoms with E-state index in [1.54, 1.807) is 18.3 Å². The lowest BCUT2D eigenvalue weighted by Gasteiger charge is -2.21. The fraction of sp³-hybridized carbons (Fsp3) is 0.370. The SMILES string of the molecule is Clc1cc(/C=N\Nc2cc(N3CCCC3)nc(N3CCCC3)n2)cc(Cl)c1OCCOc1ccccc1. The molecule has 1 N–H and O–H groups in total. The van der Waals surface area contributed by atoms with Crippen LogP contribution >= 0.6 is 23.2 Å². The molecule has 37 heavy (non-hydrogen) atoms. The molecule has 194 valence electrons. The monoisotopic (exact) mass is 540 g/mol. The summed E-state index contributed by atoms with van der Waals surface area (Å²) in [6.45, 7) is 4.69. The molecule has 0 amide bonds. The number of aromatic nitrogens is 2. The Morgan fingerprint density at radius 3 is 2.19 bits per heavy atom. The molecule has 5 rings (SSSR count). The van der Waals surface area contributed by atoms with Gasteiger partial charge in [0.25, 0.3) is 0 Å². The van der Waals surface area contributed by atoms with Crippen molar-refractivity contribution in [3.63, 3.8) is 0 Å². The fourth-order valence-electron chi connectivity index (χ4n) is 4.43. The number of nitrogens with one attached hydrogen (secondary N) is 1. The third-order valence-corrected chi connectivity index (χ3v) is 6.84. The van der Waals surface area contributed by atoms with E-state index in [1.807, 2.05) is 36.4 Å². The van der Waals surface area contributed by atoms with Crippen LogP contribution in [0.5, 0.6) is 11.5 Å². The van der Waals surface area contributed by atoms with Crippen LogP contribution < -0.4 is 24.7 Å². The van der Waals surface area contributed by atoms with Crippen molar-refractivity contribution in [3.05, 3.63) is 64.1 Å². The molecule has 3 heterocycles. The summed E-state index contributed by atoms with van der Waals surface area (Å²) >= 11 is 12.9. The standard InChI is InChI=1S/C27H30Cl2N6O2/c28-22-16-20(17-23(29)26(22)37-15-14-36-21-8-2-1-3-9-21)19-30-33-24-18-25(34-10-4-5-11-34)32-27(31-24)35-12-6-7-13-35/h1-3,8-9,16-19H,4-7,10-15H2,(H,31,32,33)/b30-19-. The third kappa shape index (κ3) is 6.76. The molecule has 3 aromatic rings. The largest absolute Gasteiger partial charge is 0.490 e. The summed E-state index contributed by atoms with van der Waals surface area (Å²) in [5.74, 6) is 3.56. The Morgan fingerprint density at radius 1 is 0.838 bits per heavy atom. The maximum atomic E-state index is 6.45. The molecule has 0 bridgehead atoms. The van der Waals surface area contributed by atoms with Gasteiger partial charge in [0.1, 0.15) is 24.8 Å². The number of benzene rings is 2. The Kier molecular flexibility index (Phi) is 8.48. The van der Waals surface area contributed by atoms with Crippen molar-refractivity contribution in [1.29, 1.82) is 0 Å². The molecule has 2 aliphatic heterocycles. The molecule has 0 aliphatic carbocycles. The van der Waals surface area contributed by atoms with Gasteiger partial charge in [-0.1, -0.05) is 41.4 Å². The van der Waals surface area contributed by atoms with Gasteiger partial charge in [-0.15, -0.1) is 0 Å². The minimum absolute atomic E-state index is 0.315. The van der Waals surface area contributed by atoms with E-state index in [0.717, 1.165) is 49.3 Å². The van der Waals surface area contributed by atoms with Crippen molar-refractivity contribution >= 4 is 47.0 Å². The molecule has 2 aliphatic rings. The average Bonchev–Trinajstić information content (AvgIpc) is 3.63. The summed E-state index contributed by atoms with van der Waals surface area (Å²) in [6, 6.07) is 15.0. The summed E-state index contributed by atoms with van der Waals surface area (Å²) in [5, 5.41) is 5.20. The van der Waals surface area contributed by atoms with Crippen molar-refractivity contribution < 1.29 is 9.47 Å². The van der Waals surface area contributed by atoms with Crippen LogP contribution in [-0.2, 0) is 0 Å². The molecule has 0 atom stereocenters. The second-order valence-corrected chi connectivity index (χ2v) is 9.81. The number of halogens is 2. The fourth-order valence-corrected chi connectivity index (χ4v) is 5.04. The van der Waals surface area contributed by atoms with Crippen molar-refractivity contribution in [1.82, 2.24) is 9.97 Å². The Morgan fingerprint density at radius 2 is 1.49 bits per heavy atom. The zero-order chi connectivity index (χ0) is 25.5. The Bertz CT molecular complexity index is 1160. The number of anilines is 3. The smallest absolute Gasteiger partial charge is 0.229 e. The Labute approximate surface area is 227 Å². The van der Waals surface area contributed by atoms with E-state index in [0.29, 0.717) is 34.8 Å². The normalized spacial score (nSPS) is 15.5. The van der Waals surface area contributed by atoms with E-state index in [-0.39, 0.29) is 0 Å². The number of hydrogen-bond acceptors (Lipinski definition) is 8. The van der Waals surface area contributed by atoms with Crippen LogP contribution in [0.3, 0.4) is 0 Å². The quantitative estimate of drug-likeness (QED) is 0.195. The van der Waals surface area contributed by atoms with Gasteiger partial charge in [-0.05, 0) is 55.5 Å². The molecule has 10 heteroatoms. The van der Waals surface area contributed by atoms with E-state index in [1.165, 1.54) is 25.7 Å². The summed E-state index contributed by atoms with van der Waals surface area (Å²) in [7, 11) is 0. The minimum Gasteiger partial charge on any atom is -0.490 e. The first-order chi connectivity index (χ1) is 18.2. The van der Waals surface area contributed by atoms with Crippen molar-refractivity contribution in [2.45, 2.75) is 25.7 Å². The number of nitrogens with zero attached hydrogens (tertiary/aromatic N) is 5. The summed E-state index contributed by atoms with van der Waals surface area (Å²) in [4.78, 5) is 14.1. The predicted octanol–water partition coefficient (Wildman–Crippen LogP) is 5.89. The zero-order valence-electron chi connectivity index (χ0n) is 20.6. The molecule has 2 fully saturated rings. The van der Waals surface area contributed by atoms with Crippen LogP contribution in [0, 0.1) is 0 Å². The highest BCUT2D eigenvalue weighted by molar-refractivity contribution is 6.37. The van der Waals surface area contributed by atoms with Gasteiger partial charge < -0.3 is 19.3 Å². The van der Waals surface area contributed by atoms with Gasteiger partial charge in [0.05, 0.1) is 16.3 Å². The molecule has 0 spiro atoms. The molecular weight excluding hydrogens is 511 g/mol. The summed E-state index contributed by atoms with van der Waals surface area (Å²) in [6.07, 6.45) is 6.36. The van der Waals surface area contributed by atoms with Crippen molar-refractivity contribution in [3.8, 4) is 11.5 Å². The van der Waals surface area contributed by atoms with Gasteiger partial charge in [-0.25, -0.2) is 0 Å². The predicted molar refractivity (Wildman–Crippen MR) is 150 cm³/mol. The minimum atomic E-state index is 0.315.